The van der Waals surface area contributed by atoms with Gasteiger partial charge in [-0.05, 0) is 38.8 Å². The topological polar surface area (TPSA) is 28.2 Å². The molecule has 0 saturated carbocycles. The maximum Gasteiger partial charge on any atom is 0.137 e. The highest BCUT2D eigenvalue weighted by Crippen LogP contribution is 2.31. The van der Waals surface area contributed by atoms with Gasteiger partial charge >= 0.3 is 0 Å². The predicted molar refractivity (Wildman–Crippen MR) is 91.8 cm³/mol. The zero-order valence-electron chi connectivity index (χ0n) is 13.5. The van der Waals surface area contributed by atoms with Crippen LogP contribution >= 0.6 is 0 Å². The largest absolute Gasteiger partial charge is 0.348 e. The zero-order valence-corrected chi connectivity index (χ0v) is 13.5. The van der Waals surface area contributed by atoms with Gasteiger partial charge in [-0.1, -0.05) is 30.3 Å². The number of aromatic nitrogens is 1. The lowest BCUT2D eigenvalue weighted by Crippen LogP contribution is -2.42. The number of pyridine rings is 1. The first-order valence-electron chi connectivity index (χ1n) is 7.38. The number of nitrogens with one attached hydrogen (secondary N) is 1. The Morgan fingerprint density at radius 1 is 1.24 bits per heavy atom. The van der Waals surface area contributed by atoms with E-state index in [1.54, 1.807) is 0 Å². The molecular weight excluding hydrogens is 258 g/mol. The third-order valence-corrected chi connectivity index (χ3v) is 3.60. The fourth-order valence-corrected chi connectivity index (χ4v) is 2.59. The van der Waals surface area contributed by atoms with Crippen molar-refractivity contribution in [1.29, 1.82) is 0 Å². The monoisotopic (exact) mass is 283 g/mol. The van der Waals surface area contributed by atoms with Crippen LogP contribution in [-0.4, -0.2) is 24.1 Å². The first-order valence-corrected chi connectivity index (χ1v) is 7.38. The minimum atomic E-state index is -0.00547. The van der Waals surface area contributed by atoms with E-state index in [1.165, 1.54) is 16.3 Å². The summed E-state index contributed by atoms with van der Waals surface area (Å²) in [5.74, 6) is 1.03. The van der Waals surface area contributed by atoms with Gasteiger partial charge in [0.25, 0.3) is 0 Å². The first-order chi connectivity index (χ1) is 9.99. The maximum atomic E-state index is 4.75. The van der Waals surface area contributed by atoms with Gasteiger partial charge in [-0.3, -0.25) is 0 Å². The molecule has 0 saturated heterocycles. The van der Waals surface area contributed by atoms with Crippen LogP contribution in [0.4, 0.5) is 5.82 Å². The van der Waals surface area contributed by atoms with Gasteiger partial charge in [-0.15, -0.1) is 6.58 Å². The Bertz CT molecular complexity index is 626. The van der Waals surface area contributed by atoms with Crippen LogP contribution in [0.3, 0.4) is 0 Å². The highest BCUT2D eigenvalue weighted by molar-refractivity contribution is 5.94. The van der Waals surface area contributed by atoms with Crippen LogP contribution in [0.5, 0.6) is 0 Å². The molecule has 0 radical (unpaired) electrons. The molecule has 2 aromatic rings. The fraction of sp³-hybridized carbons (Fsp3) is 0.389. The molecule has 21 heavy (non-hydrogen) atoms. The molecular formula is C18H25N3. The Kier molecular flexibility index (Phi) is 4.63. The summed E-state index contributed by atoms with van der Waals surface area (Å²) < 4.78 is 0. The molecule has 0 amide bonds. The van der Waals surface area contributed by atoms with E-state index < -0.39 is 0 Å². The normalized spacial score (nSPS) is 11.6. The van der Waals surface area contributed by atoms with Gasteiger partial charge < -0.3 is 10.2 Å². The van der Waals surface area contributed by atoms with Gasteiger partial charge in [0.2, 0.25) is 0 Å². The van der Waals surface area contributed by atoms with Crippen LogP contribution in [0, 0.1) is 0 Å². The van der Waals surface area contributed by atoms with Crippen LogP contribution in [0.1, 0.15) is 26.3 Å². The van der Waals surface area contributed by atoms with E-state index in [4.69, 9.17) is 4.98 Å². The lowest BCUT2D eigenvalue weighted by Gasteiger charge is -2.36. The van der Waals surface area contributed by atoms with E-state index in [1.807, 2.05) is 19.3 Å². The van der Waals surface area contributed by atoms with Gasteiger partial charge in [0.1, 0.15) is 5.82 Å². The van der Waals surface area contributed by atoms with Crippen molar-refractivity contribution in [3.8, 4) is 0 Å². The van der Waals surface area contributed by atoms with Gasteiger partial charge in [-0.25, -0.2) is 4.98 Å². The lowest BCUT2D eigenvalue weighted by atomic mass is 10.0. The average Bonchev–Trinajstić information content (AvgIpc) is 2.45. The Morgan fingerprint density at radius 3 is 2.48 bits per heavy atom. The molecule has 0 aliphatic carbocycles. The molecule has 0 atom stereocenters. The highest BCUT2D eigenvalue weighted by atomic mass is 15.2. The van der Waals surface area contributed by atoms with Crippen molar-refractivity contribution < 1.29 is 0 Å². The van der Waals surface area contributed by atoms with Crippen molar-refractivity contribution in [2.75, 3.05) is 18.5 Å². The van der Waals surface area contributed by atoms with Crippen molar-refractivity contribution in [3.05, 3.63) is 48.7 Å². The van der Waals surface area contributed by atoms with Crippen LogP contribution < -0.4 is 10.2 Å². The van der Waals surface area contributed by atoms with E-state index in [0.717, 1.165) is 18.9 Å². The number of anilines is 1. The summed E-state index contributed by atoms with van der Waals surface area (Å²) in [5, 5.41) is 5.67. The van der Waals surface area contributed by atoms with E-state index in [0.29, 0.717) is 0 Å². The van der Waals surface area contributed by atoms with Gasteiger partial charge in [0.05, 0.1) is 0 Å². The van der Waals surface area contributed by atoms with Gasteiger partial charge in [0, 0.05) is 30.2 Å². The molecule has 1 N–H and O–H groups in total. The number of hydrogen-bond donors (Lipinski definition) is 1. The SMILES string of the molecule is C=CCN(c1ncc(CNC)c2ccccc12)C(C)(C)C. The molecule has 1 heterocycles. The van der Waals surface area contributed by atoms with Crippen LogP contribution in [0.15, 0.2) is 43.1 Å². The number of rotatable bonds is 5. The van der Waals surface area contributed by atoms with Crippen LogP contribution in [0.25, 0.3) is 10.8 Å². The first kappa shape index (κ1) is 15.5. The zero-order chi connectivity index (χ0) is 15.5. The minimum absolute atomic E-state index is 0.00547. The summed E-state index contributed by atoms with van der Waals surface area (Å²) in [5.41, 5.74) is 1.22. The molecule has 112 valence electrons. The summed E-state index contributed by atoms with van der Waals surface area (Å²) in [6, 6.07) is 8.48. The standard InChI is InChI=1S/C18H25N3/c1-6-11-21(18(2,3)4)17-16-10-8-7-9-15(16)14(12-19-5)13-20-17/h6-10,13,19H,1,11-12H2,2-5H3. The van der Waals surface area contributed by atoms with E-state index in [9.17, 15) is 0 Å². The molecule has 3 heteroatoms. The summed E-state index contributed by atoms with van der Waals surface area (Å²) in [6.45, 7) is 12.1. The molecule has 0 aliphatic heterocycles. The number of fused-ring (bicyclic) bond motifs is 1. The lowest BCUT2D eigenvalue weighted by molar-refractivity contribution is 0.519. The molecule has 3 nitrogen and oxygen atoms in total. The second-order valence-corrected chi connectivity index (χ2v) is 6.25. The summed E-state index contributed by atoms with van der Waals surface area (Å²) in [7, 11) is 1.96. The molecule has 0 fully saturated rings. The maximum absolute atomic E-state index is 4.75. The second-order valence-electron chi connectivity index (χ2n) is 6.25. The number of nitrogens with zero attached hydrogens (tertiary/aromatic N) is 2. The highest BCUT2D eigenvalue weighted by Gasteiger charge is 2.23. The number of hydrogen-bond acceptors (Lipinski definition) is 3. The van der Waals surface area contributed by atoms with Crippen molar-refractivity contribution >= 4 is 16.6 Å². The summed E-state index contributed by atoms with van der Waals surface area (Å²) in [6.07, 6.45) is 3.92. The van der Waals surface area contributed by atoms with E-state index >= 15 is 0 Å². The fourth-order valence-electron chi connectivity index (χ4n) is 2.59. The predicted octanol–water partition coefficient (Wildman–Crippen LogP) is 3.75. The summed E-state index contributed by atoms with van der Waals surface area (Å²) >= 11 is 0. The Labute approximate surface area is 127 Å². The molecule has 0 unspecified atom stereocenters. The van der Waals surface area contributed by atoms with Crippen LogP contribution in [0.2, 0.25) is 0 Å². The minimum Gasteiger partial charge on any atom is -0.348 e. The second kappa shape index (κ2) is 6.27. The molecule has 0 aliphatic rings. The molecule has 1 aromatic heterocycles. The van der Waals surface area contributed by atoms with Crippen molar-refractivity contribution in [1.82, 2.24) is 10.3 Å². The van der Waals surface area contributed by atoms with Crippen molar-refractivity contribution in [2.45, 2.75) is 32.9 Å². The van der Waals surface area contributed by atoms with E-state index in [2.05, 4.69) is 61.8 Å². The van der Waals surface area contributed by atoms with Gasteiger partial charge in [-0.2, -0.15) is 0 Å². The van der Waals surface area contributed by atoms with E-state index in [-0.39, 0.29) is 5.54 Å². The van der Waals surface area contributed by atoms with Crippen molar-refractivity contribution in [3.63, 3.8) is 0 Å². The molecule has 0 bridgehead atoms. The molecule has 1 aromatic carbocycles. The average molecular weight is 283 g/mol. The summed E-state index contributed by atoms with van der Waals surface area (Å²) in [4.78, 5) is 7.05. The smallest absolute Gasteiger partial charge is 0.137 e. The van der Waals surface area contributed by atoms with Crippen LogP contribution in [-0.2, 0) is 6.54 Å². The number of benzene rings is 1. The molecule has 0 spiro atoms. The Balaban J connectivity index is 2.64. The quantitative estimate of drug-likeness (QED) is 0.847. The third kappa shape index (κ3) is 3.24. The Hall–Kier alpha value is -1.87. The third-order valence-electron chi connectivity index (χ3n) is 3.60. The van der Waals surface area contributed by atoms with Gasteiger partial charge in [0.15, 0.2) is 0 Å². The molecule has 2 rings (SSSR count). The van der Waals surface area contributed by atoms with Crippen molar-refractivity contribution in [2.24, 2.45) is 0 Å². The Morgan fingerprint density at radius 2 is 1.90 bits per heavy atom.